The number of rotatable bonds is 6. The van der Waals surface area contributed by atoms with E-state index in [1.165, 1.54) is 0 Å². The van der Waals surface area contributed by atoms with E-state index in [-0.39, 0.29) is 12.3 Å². The predicted molar refractivity (Wildman–Crippen MR) is 88.1 cm³/mol. The van der Waals surface area contributed by atoms with Gasteiger partial charge in [0.15, 0.2) is 11.5 Å². The van der Waals surface area contributed by atoms with Gasteiger partial charge in [-0.15, -0.1) is 10.2 Å². The van der Waals surface area contributed by atoms with Gasteiger partial charge in [-0.25, -0.2) is 0 Å². The molecule has 0 aliphatic carbocycles. The molecule has 1 N–H and O–H groups in total. The largest absolute Gasteiger partial charge is 0.497 e. The number of carbonyl (C=O) groups is 1. The van der Waals surface area contributed by atoms with Crippen LogP contribution in [0.2, 0.25) is 0 Å². The van der Waals surface area contributed by atoms with Crippen molar-refractivity contribution >= 4 is 11.6 Å². The molecule has 2 aromatic heterocycles. The second kappa shape index (κ2) is 6.99. The fourth-order valence-electron chi connectivity index (χ4n) is 2.42. The molecule has 3 rings (SSSR count). The maximum absolute atomic E-state index is 12.2. The third-order valence-corrected chi connectivity index (χ3v) is 3.67. The molecule has 2 heterocycles. The predicted octanol–water partition coefficient (Wildman–Crippen LogP) is 1.61. The zero-order valence-corrected chi connectivity index (χ0v) is 13.5. The van der Waals surface area contributed by atoms with Crippen molar-refractivity contribution in [1.29, 1.82) is 0 Å². The van der Waals surface area contributed by atoms with Gasteiger partial charge in [-0.1, -0.05) is 12.1 Å². The lowest BCUT2D eigenvalue weighted by atomic mass is 10.1. The van der Waals surface area contributed by atoms with Gasteiger partial charge in [-0.2, -0.15) is 0 Å². The van der Waals surface area contributed by atoms with Gasteiger partial charge < -0.3 is 14.8 Å². The number of nitrogens with zero attached hydrogens (tertiary/aromatic N) is 3. The summed E-state index contributed by atoms with van der Waals surface area (Å²) in [5, 5.41) is 11.0. The molecule has 7 heteroatoms. The molecule has 0 aliphatic rings. The van der Waals surface area contributed by atoms with E-state index in [0.717, 1.165) is 11.2 Å². The minimum absolute atomic E-state index is 0.119. The summed E-state index contributed by atoms with van der Waals surface area (Å²) < 4.78 is 12.3. The highest BCUT2D eigenvalue weighted by atomic mass is 16.5. The smallest absolute Gasteiger partial charge is 0.224 e. The van der Waals surface area contributed by atoms with Crippen LogP contribution in [0, 0.1) is 0 Å². The van der Waals surface area contributed by atoms with E-state index in [9.17, 15) is 4.79 Å². The molecule has 3 aromatic rings. The molecule has 7 nitrogen and oxygen atoms in total. The SMILES string of the molecule is COc1ccc(CC(=O)NCc2nnc3ccccn23)c(OC)c1. The normalized spacial score (nSPS) is 10.6. The average Bonchev–Trinajstić information content (AvgIpc) is 3.03. The van der Waals surface area contributed by atoms with Crippen molar-refractivity contribution in [3.63, 3.8) is 0 Å². The molecule has 124 valence electrons. The van der Waals surface area contributed by atoms with Crippen molar-refractivity contribution in [2.24, 2.45) is 0 Å². The molecule has 1 aromatic carbocycles. The lowest BCUT2D eigenvalue weighted by Crippen LogP contribution is -2.25. The first-order valence-corrected chi connectivity index (χ1v) is 7.47. The first-order valence-electron chi connectivity index (χ1n) is 7.47. The Morgan fingerprint density at radius 3 is 2.83 bits per heavy atom. The van der Waals surface area contributed by atoms with Crippen LogP contribution < -0.4 is 14.8 Å². The van der Waals surface area contributed by atoms with Crippen molar-refractivity contribution in [1.82, 2.24) is 19.9 Å². The minimum atomic E-state index is -0.119. The van der Waals surface area contributed by atoms with E-state index in [1.54, 1.807) is 26.4 Å². The monoisotopic (exact) mass is 326 g/mol. The number of hydrogen-bond acceptors (Lipinski definition) is 5. The number of nitrogens with one attached hydrogen (secondary N) is 1. The van der Waals surface area contributed by atoms with Crippen LogP contribution in [-0.2, 0) is 17.8 Å². The molecule has 0 atom stereocenters. The van der Waals surface area contributed by atoms with Crippen molar-refractivity contribution in [3.05, 3.63) is 54.0 Å². The van der Waals surface area contributed by atoms with Crippen LogP contribution in [0.3, 0.4) is 0 Å². The molecule has 0 saturated carbocycles. The number of carbonyl (C=O) groups excluding carboxylic acids is 1. The summed E-state index contributed by atoms with van der Waals surface area (Å²) >= 11 is 0. The summed E-state index contributed by atoms with van der Waals surface area (Å²) in [5.41, 5.74) is 1.54. The summed E-state index contributed by atoms with van der Waals surface area (Å²) in [6.45, 7) is 0.308. The van der Waals surface area contributed by atoms with Crippen molar-refractivity contribution < 1.29 is 14.3 Å². The molecular weight excluding hydrogens is 308 g/mol. The third-order valence-electron chi connectivity index (χ3n) is 3.67. The fourth-order valence-corrected chi connectivity index (χ4v) is 2.42. The van der Waals surface area contributed by atoms with E-state index in [1.807, 2.05) is 34.9 Å². The van der Waals surface area contributed by atoms with Crippen LogP contribution in [0.15, 0.2) is 42.6 Å². The molecule has 0 aliphatic heterocycles. The Morgan fingerprint density at radius 2 is 2.04 bits per heavy atom. The topological polar surface area (TPSA) is 77.8 Å². The number of pyridine rings is 1. The molecule has 0 unspecified atom stereocenters. The maximum Gasteiger partial charge on any atom is 0.224 e. The Labute approximate surface area is 139 Å². The molecule has 1 amide bonds. The summed E-state index contributed by atoms with van der Waals surface area (Å²) in [7, 11) is 3.16. The highest BCUT2D eigenvalue weighted by molar-refractivity contribution is 5.79. The van der Waals surface area contributed by atoms with Crippen LogP contribution >= 0.6 is 0 Å². The Bertz CT molecular complexity index is 860. The molecule has 0 saturated heterocycles. The first kappa shape index (κ1) is 15.8. The Hall–Kier alpha value is -3.09. The van der Waals surface area contributed by atoms with Gasteiger partial charge >= 0.3 is 0 Å². The van der Waals surface area contributed by atoms with Crippen molar-refractivity contribution in [3.8, 4) is 11.5 Å². The number of amides is 1. The number of benzene rings is 1. The summed E-state index contributed by atoms with van der Waals surface area (Å²) in [4.78, 5) is 12.2. The van der Waals surface area contributed by atoms with Gasteiger partial charge in [0.1, 0.15) is 11.5 Å². The van der Waals surface area contributed by atoms with Gasteiger partial charge in [0.25, 0.3) is 0 Å². The van der Waals surface area contributed by atoms with Crippen LogP contribution in [0.5, 0.6) is 11.5 Å². The highest BCUT2D eigenvalue weighted by Crippen LogP contribution is 2.24. The molecule has 24 heavy (non-hydrogen) atoms. The zero-order chi connectivity index (χ0) is 16.9. The molecule has 0 radical (unpaired) electrons. The van der Waals surface area contributed by atoms with Crippen molar-refractivity contribution in [2.75, 3.05) is 14.2 Å². The Morgan fingerprint density at radius 1 is 1.17 bits per heavy atom. The number of fused-ring (bicyclic) bond motifs is 1. The van der Waals surface area contributed by atoms with Crippen molar-refractivity contribution in [2.45, 2.75) is 13.0 Å². The molecule has 0 bridgehead atoms. The molecule has 0 spiro atoms. The average molecular weight is 326 g/mol. The van der Waals surface area contributed by atoms with Gasteiger partial charge in [-0.05, 0) is 18.2 Å². The number of methoxy groups -OCH3 is 2. The number of ether oxygens (including phenoxy) is 2. The minimum Gasteiger partial charge on any atom is -0.497 e. The van der Waals surface area contributed by atoms with E-state index in [0.29, 0.717) is 23.9 Å². The van der Waals surface area contributed by atoms with Gasteiger partial charge in [-0.3, -0.25) is 9.20 Å². The standard InChI is InChI=1S/C17H18N4O3/c1-23-13-7-6-12(14(10-13)24-2)9-17(22)18-11-16-20-19-15-5-3-4-8-21(15)16/h3-8,10H,9,11H2,1-2H3,(H,18,22). The third kappa shape index (κ3) is 3.29. The number of hydrogen-bond donors (Lipinski definition) is 1. The van der Waals surface area contributed by atoms with E-state index in [4.69, 9.17) is 9.47 Å². The molecular formula is C17H18N4O3. The Balaban J connectivity index is 1.66. The van der Waals surface area contributed by atoms with Crippen LogP contribution in [0.1, 0.15) is 11.4 Å². The first-order chi connectivity index (χ1) is 11.7. The lowest BCUT2D eigenvalue weighted by Gasteiger charge is -2.10. The summed E-state index contributed by atoms with van der Waals surface area (Å²) in [5.74, 6) is 1.87. The summed E-state index contributed by atoms with van der Waals surface area (Å²) in [6, 6.07) is 11.0. The van der Waals surface area contributed by atoms with Crippen LogP contribution in [0.4, 0.5) is 0 Å². The second-order valence-corrected chi connectivity index (χ2v) is 5.18. The lowest BCUT2D eigenvalue weighted by molar-refractivity contribution is -0.120. The highest BCUT2D eigenvalue weighted by Gasteiger charge is 2.11. The van der Waals surface area contributed by atoms with Gasteiger partial charge in [0.05, 0.1) is 27.2 Å². The van der Waals surface area contributed by atoms with E-state index >= 15 is 0 Å². The second-order valence-electron chi connectivity index (χ2n) is 5.18. The molecule has 0 fully saturated rings. The summed E-state index contributed by atoms with van der Waals surface area (Å²) in [6.07, 6.45) is 2.08. The van der Waals surface area contributed by atoms with Gasteiger partial charge in [0, 0.05) is 17.8 Å². The van der Waals surface area contributed by atoms with E-state index < -0.39 is 0 Å². The quantitative estimate of drug-likeness (QED) is 0.744. The number of aromatic nitrogens is 3. The van der Waals surface area contributed by atoms with Crippen LogP contribution in [0.25, 0.3) is 5.65 Å². The maximum atomic E-state index is 12.2. The van der Waals surface area contributed by atoms with Crippen LogP contribution in [-0.4, -0.2) is 34.7 Å². The van der Waals surface area contributed by atoms with Gasteiger partial charge in [0.2, 0.25) is 5.91 Å². The zero-order valence-electron chi connectivity index (χ0n) is 13.5. The fraction of sp³-hybridized carbons (Fsp3) is 0.235. The van der Waals surface area contributed by atoms with E-state index in [2.05, 4.69) is 15.5 Å². The Kier molecular flexibility index (Phi) is 4.60.